The molecule has 0 spiro atoms. The van der Waals surface area contributed by atoms with Crippen molar-refractivity contribution < 1.29 is 9.72 Å². The fourth-order valence-electron chi connectivity index (χ4n) is 2.47. The first kappa shape index (κ1) is 15.2. The van der Waals surface area contributed by atoms with Crippen molar-refractivity contribution in [3.8, 4) is 0 Å². The van der Waals surface area contributed by atoms with Crippen LogP contribution in [0, 0.1) is 10.1 Å². The van der Waals surface area contributed by atoms with Crippen molar-refractivity contribution in [1.82, 2.24) is 15.2 Å². The smallest absolute Gasteiger partial charge is 0.288 e. The summed E-state index contributed by atoms with van der Waals surface area (Å²) >= 11 is 0. The van der Waals surface area contributed by atoms with Crippen LogP contribution in [0.2, 0.25) is 0 Å². The zero-order chi connectivity index (χ0) is 15.4. The van der Waals surface area contributed by atoms with Crippen molar-refractivity contribution in [2.45, 2.75) is 25.8 Å². The summed E-state index contributed by atoms with van der Waals surface area (Å²) in [6, 6.07) is 1.20. The van der Waals surface area contributed by atoms with Crippen molar-refractivity contribution in [2.24, 2.45) is 0 Å². The summed E-state index contributed by atoms with van der Waals surface area (Å²) in [4.78, 5) is 28.3. The molecule has 0 radical (unpaired) electrons. The Morgan fingerprint density at radius 1 is 1.67 bits per heavy atom. The lowest BCUT2D eigenvalue weighted by Gasteiger charge is -2.32. The first-order valence-corrected chi connectivity index (χ1v) is 6.94. The molecule has 1 aromatic rings. The third kappa shape index (κ3) is 3.66. The third-order valence-electron chi connectivity index (χ3n) is 3.65. The molecule has 21 heavy (non-hydrogen) atoms. The van der Waals surface area contributed by atoms with Gasteiger partial charge in [-0.2, -0.15) is 0 Å². The molecule has 2 rings (SSSR count). The standard InChI is InChI=1S/C13H19N5O3/c1-2-17-5-3-4-9(8-17)16-13(19)11-6-10(18(20)21)7-15-12(11)14/h6-7,9H,2-5,8H2,1H3,(H2,14,15)(H,16,19). The van der Waals surface area contributed by atoms with Gasteiger partial charge in [0.1, 0.15) is 12.0 Å². The molecule has 2 heterocycles. The highest BCUT2D eigenvalue weighted by molar-refractivity contribution is 5.99. The fraction of sp³-hybridized carbons (Fsp3) is 0.538. The number of nitrogen functional groups attached to an aromatic ring is 1. The van der Waals surface area contributed by atoms with E-state index in [0.717, 1.165) is 44.7 Å². The van der Waals surface area contributed by atoms with E-state index in [0.29, 0.717) is 0 Å². The molecule has 8 heteroatoms. The third-order valence-corrected chi connectivity index (χ3v) is 3.65. The highest BCUT2D eigenvalue weighted by Gasteiger charge is 2.23. The molecule has 1 atom stereocenters. The quantitative estimate of drug-likeness (QED) is 0.626. The van der Waals surface area contributed by atoms with Crippen LogP contribution in [0.1, 0.15) is 30.1 Å². The topological polar surface area (TPSA) is 114 Å². The number of hydrogen-bond donors (Lipinski definition) is 2. The van der Waals surface area contributed by atoms with E-state index >= 15 is 0 Å². The van der Waals surface area contributed by atoms with E-state index in [1.54, 1.807) is 0 Å². The van der Waals surface area contributed by atoms with Crippen molar-refractivity contribution >= 4 is 17.4 Å². The number of nitro groups is 1. The Hall–Kier alpha value is -2.22. The van der Waals surface area contributed by atoms with Gasteiger partial charge < -0.3 is 16.0 Å². The lowest BCUT2D eigenvalue weighted by atomic mass is 10.1. The minimum Gasteiger partial charge on any atom is -0.383 e. The molecule has 114 valence electrons. The van der Waals surface area contributed by atoms with Gasteiger partial charge in [-0.15, -0.1) is 0 Å². The summed E-state index contributed by atoms with van der Waals surface area (Å²) < 4.78 is 0. The number of amides is 1. The van der Waals surface area contributed by atoms with Gasteiger partial charge in [0, 0.05) is 18.7 Å². The molecule has 0 aliphatic carbocycles. The van der Waals surface area contributed by atoms with Gasteiger partial charge in [0.05, 0.1) is 10.5 Å². The molecule has 0 bridgehead atoms. The minimum atomic E-state index is -0.595. The predicted octanol–water partition coefficient (Wildman–Crippen LogP) is 0.786. The molecule has 1 aliphatic heterocycles. The molecule has 1 saturated heterocycles. The van der Waals surface area contributed by atoms with Crippen molar-refractivity contribution in [1.29, 1.82) is 0 Å². The number of anilines is 1. The molecule has 1 amide bonds. The van der Waals surface area contributed by atoms with Crippen LogP contribution in [-0.4, -0.2) is 46.4 Å². The lowest BCUT2D eigenvalue weighted by Crippen LogP contribution is -2.47. The van der Waals surface area contributed by atoms with E-state index in [2.05, 4.69) is 22.1 Å². The van der Waals surface area contributed by atoms with Crippen LogP contribution < -0.4 is 11.1 Å². The summed E-state index contributed by atoms with van der Waals surface area (Å²) in [6.07, 6.45) is 2.96. The predicted molar refractivity (Wildman–Crippen MR) is 77.9 cm³/mol. The zero-order valence-corrected chi connectivity index (χ0v) is 11.9. The van der Waals surface area contributed by atoms with E-state index in [9.17, 15) is 14.9 Å². The van der Waals surface area contributed by atoms with E-state index in [-0.39, 0.29) is 23.1 Å². The maximum Gasteiger partial charge on any atom is 0.288 e. The molecule has 1 aliphatic rings. The highest BCUT2D eigenvalue weighted by atomic mass is 16.6. The Labute approximate surface area is 122 Å². The van der Waals surface area contributed by atoms with Gasteiger partial charge in [-0.1, -0.05) is 6.92 Å². The van der Waals surface area contributed by atoms with Gasteiger partial charge in [-0.05, 0) is 25.9 Å². The monoisotopic (exact) mass is 293 g/mol. The van der Waals surface area contributed by atoms with Gasteiger partial charge in [0.15, 0.2) is 0 Å². The maximum atomic E-state index is 12.2. The highest BCUT2D eigenvalue weighted by Crippen LogP contribution is 2.17. The number of nitrogens with one attached hydrogen (secondary N) is 1. The van der Waals surface area contributed by atoms with E-state index in [1.165, 1.54) is 0 Å². The van der Waals surface area contributed by atoms with Crippen LogP contribution >= 0.6 is 0 Å². The van der Waals surface area contributed by atoms with Crippen LogP contribution in [0.4, 0.5) is 11.5 Å². The molecular weight excluding hydrogens is 274 g/mol. The first-order valence-electron chi connectivity index (χ1n) is 6.94. The Morgan fingerprint density at radius 2 is 2.43 bits per heavy atom. The van der Waals surface area contributed by atoms with Crippen LogP contribution in [-0.2, 0) is 0 Å². The SMILES string of the molecule is CCN1CCCC(NC(=O)c2cc([N+](=O)[O-])cnc2N)C1. The Morgan fingerprint density at radius 3 is 3.10 bits per heavy atom. The van der Waals surface area contributed by atoms with Crippen molar-refractivity contribution in [3.63, 3.8) is 0 Å². The van der Waals surface area contributed by atoms with Gasteiger partial charge in [0.2, 0.25) is 0 Å². The van der Waals surface area contributed by atoms with Crippen LogP contribution in [0.3, 0.4) is 0 Å². The molecular formula is C13H19N5O3. The molecule has 3 N–H and O–H groups in total. The second-order valence-electron chi connectivity index (χ2n) is 5.09. The normalized spacial score (nSPS) is 19.2. The van der Waals surface area contributed by atoms with Gasteiger partial charge >= 0.3 is 0 Å². The Kier molecular flexibility index (Phi) is 4.69. The van der Waals surface area contributed by atoms with Gasteiger partial charge in [-0.3, -0.25) is 14.9 Å². The van der Waals surface area contributed by atoms with Crippen molar-refractivity contribution in [3.05, 3.63) is 27.9 Å². The number of likely N-dealkylation sites (tertiary alicyclic amines) is 1. The summed E-state index contributed by atoms with van der Waals surface area (Å²) in [5.41, 5.74) is 5.46. The van der Waals surface area contributed by atoms with Crippen LogP contribution in [0.5, 0.6) is 0 Å². The number of piperidine rings is 1. The summed E-state index contributed by atoms with van der Waals surface area (Å²) in [7, 11) is 0. The van der Waals surface area contributed by atoms with E-state index in [1.807, 2.05) is 0 Å². The molecule has 1 fully saturated rings. The number of pyridine rings is 1. The molecule has 1 aromatic heterocycles. The zero-order valence-electron chi connectivity index (χ0n) is 11.9. The van der Waals surface area contributed by atoms with E-state index < -0.39 is 10.8 Å². The first-order chi connectivity index (χ1) is 10.0. The summed E-state index contributed by atoms with van der Waals surface area (Å²) in [5.74, 6) is -0.409. The number of rotatable bonds is 4. The number of likely N-dealkylation sites (N-methyl/N-ethyl adjacent to an activating group) is 1. The average Bonchev–Trinajstić information content (AvgIpc) is 2.47. The second kappa shape index (κ2) is 6.49. The number of nitrogens with two attached hydrogens (primary N) is 1. The second-order valence-corrected chi connectivity index (χ2v) is 5.09. The molecule has 0 aromatic carbocycles. The molecule has 8 nitrogen and oxygen atoms in total. The lowest BCUT2D eigenvalue weighted by molar-refractivity contribution is -0.385. The Bertz CT molecular complexity index is 549. The maximum absolute atomic E-state index is 12.2. The van der Waals surface area contributed by atoms with Gasteiger partial charge in [-0.25, -0.2) is 4.98 Å². The van der Waals surface area contributed by atoms with Gasteiger partial charge in [0.25, 0.3) is 11.6 Å². The van der Waals surface area contributed by atoms with Crippen LogP contribution in [0.15, 0.2) is 12.3 Å². The summed E-state index contributed by atoms with van der Waals surface area (Å²) in [6.45, 7) is 4.83. The number of carbonyl (C=O) groups is 1. The molecule has 0 saturated carbocycles. The average molecular weight is 293 g/mol. The number of hydrogen-bond acceptors (Lipinski definition) is 6. The fourth-order valence-corrected chi connectivity index (χ4v) is 2.47. The number of nitrogens with zero attached hydrogens (tertiary/aromatic N) is 3. The number of aromatic nitrogens is 1. The minimum absolute atomic E-state index is 0.00116. The van der Waals surface area contributed by atoms with E-state index in [4.69, 9.17) is 5.73 Å². The number of carbonyl (C=O) groups excluding carboxylic acids is 1. The van der Waals surface area contributed by atoms with Crippen LogP contribution in [0.25, 0.3) is 0 Å². The Balaban J connectivity index is 2.09. The largest absolute Gasteiger partial charge is 0.383 e. The summed E-state index contributed by atoms with van der Waals surface area (Å²) in [5, 5.41) is 13.6. The van der Waals surface area contributed by atoms with Crippen molar-refractivity contribution in [2.75, 3.05) is 25.4 Å². The molecule has 1 unspecified atom stereocenters.